The van der Waals surface area contributed by atoms with Gasteiger partial charge in [0.2, 0.25) is 0 Å². The van der Waals surface area contributed by atoms with Gasteiger partial charge in [0.05, 0.1) is 0 Å². The van der Waals surface area contributed by atoms with Gasteiger partial charge in [-0.15, -0.1) is 0 Å². The third-order valence-corrected chi connectivity index (χ3v) is 2.34. The van der Waals surface area contributed by atoms with E-state index in [1.807, 2.05) is 38.1 Å². The Morgan fingerprint density at radius 2 is 1.92 bits per heavy atom. The number of halogens is 1. The van der Waals surface area contributed by atoms with Crippen LogP contribution in [0.5, 0.6) is 0 Å². The summed E-state index contributed by atoms with van der Waals surface area (Å²) >= 11 is 3.35. The Hall–Kier alpha value is -0.890. The molecule has 0 aromatic heterocycles. The minimum atomic E-state index is 0.869. The first-order chi connectivity index (χ1) is 6.24. The van der Waals surface area contributed by atoms with Crippen molar-refractivity contribution in [2.75, 3.05) is 0 Å². The Bertz CT molecular complexity index is 325. The zero-order valence-electron chi connectivity index (χ0n) is 7.79. The molecule has 68 valence electrons. The van der Waals surface area contributed by atoms with Crippen molar-refractivity contribution in [3.8, 4) is 0 Å². The zero-order chi connectivity index (χ0) is 9.68. The molecular weight excluding hydrogens is 226 g/mol. The summed E-state index contributed by atoms with van der Waals surface area (Å²) < 4.78 is 0.869. The SMILES string of the molecule is C/C=C(Br)\N=C(/C)c1ccccc1. The molecule has 0 aliphatic rings. The Morgan fingerprint density at radius 1 is 1.31 bits per heavy atom. The van der Waals surface area contributed by atoms with Crippen LogP contribution in [0.4, 0.5) is 0 Å². The molecule has 2 heteroatoms. The summed E-state index contributed by atoms with van der Waals surface area (Å²) in [6.45, 7) is 3.95. The van der Waals surface area contributed by atoms with Crippen LogP contribution in [-0.4, -0.2) is 5.71 Å². The summed E-state index contributed by atoms with van der Waals surface area (Å²) in [6.07, 6.45) is 1.92. The number of benzene rings is 1. The molecule has 0 N–H and O–H groups in total. The molecule has 1 nitrogen and oxygen atoms in total. The quantitative estimate of drug-likeness (QED) is 0.549. The summed E-state index contributed by atoms with van der Waals surface area (Å²) in [4.78, 5) is 4.36. The number of allylic oxidation sites excluding steroid dienone is 1. The fraction of sp³-hybridized carbons (Fsp3) is 0.182. The second-order valence-corrected chi connectivity index (χ2v) is 3.49. The molecule has 0 radical (unpaired) electrons. The molecule has 0 aliphatic heterocycles. The number of rotatable bonds is 2. The van der Waals surface area contributed by atoms with Crippen LogP contribution in [0.25, 0.3) is 0 Å². The van der Waals surface area contributed by atoms with E-state index in [1.165, 1.54) is 0 Å². The third kappa shape index (κ3) is 3.15. The third-order valence-electron chi connectivity index (χ3n) is 1.70. The van der Waals surface area contributed by atoms with E-state index < -0.39 is 0 Å². The lowest BCUT2D eigenvalue weighted by Crippen LogP contribution is -1.92. The van der Waals surface area contributed by atoms with E-state index in [4.69, 9.17) is 0 Å². The summed E-state index contributed by atoms with van der Waals surface area (Å²) in [7, 11) is 0. The van der Waals surface area contributed by atoms with Crippen molar-refractivity contribution in [1.29, 1.82) is 0 Å². The molecule has 0 saturated carbocycles. The largest absolute Gasteiger partial charge is 0.246 e. The predicted octanol–water partition coefficient (Wildman–Crippen LogP) is 3.75. The van der Waals surface area contributed by atoms with Gasteiger partial charge in [-0.3, -0.25) is 0 Å². The summed E-state index contributed by atoms with van der Waals surface area (Å²) in [6, 6.07) is 10.1. The van der Waals surface area contributed by atoms with Crippen LogP contribution in [0.3, 0.4) is 0 Å². The molecule has 0 atom stereocenters. The average Bonchev–Trinajstić information content (AvgIpc) is 2.19. The van der Waals surface area contributed by atoms with Crippen LogP contribution in [0.2, 0.25) is 0 Å². The van der Waals surface area contributed by atoms with Crippen molar-refractivity contribution in [3.05, 3.63) is 46.6 Å². The van der Waals surface area contributed by atoms with Gasteiger partial charge in [-0.2, -0.15) is 0 Å². The van der Waals surface area contributed by atoms with Crippen LogP contribution < -0.4 is 0 Å². The Kier molecular flexibility index (Phi) is 3.90. The molecule has 0 bridgehead atoms. The lowest BCUT2D eigenvalue weighted by Gasteiger charge is -1.98. The molecule has 0 aliphatic carbocycles. The first-order valence-corrected chi connectivity index (χ1v) is 4.96. The van der Waals surface area contributed by atoms with E-state index in [0.717, 1.165) is 15.9 Å². The maximum absolute atomic E-state index is 4.36. The maximum atomic E-state index is 4.36. The van der Waals surface area contributed by atoms with Gasteiger partial charge in [0.15, 0.2) is 0 Å². The van der Waals surface area contributed by atoms with E-state index in [0.29, 0.717) is 0 Å². The summed E-state index contributed by atoms with van der Waals surface area (Å²) in [5.41, 5.74) is 2.17. The number of aliphatic imine (C=N–C) groups is 1. The van der Waals surface area contributed by atoms with Gasteiger partial charge in [0.25, 0.3) is 0 Å². The highest BCUT2D eigenvalue weighted by Crippen LogP contribution is 2.09. The molecule has 0 heterocycles. The van der Waals surface area contributed by atoms with E-state index in [9.17, 15) is 0 Å². The second-order valence-electron chi connectivity index (χ2n) is 2.67. The van der Waals surface area contributed by atoms with Crippen LogP contribution in [0.15, 0.2) is 46.0 Å². The minimum absolute atomic E-state index is 0.869. The van der Waals surface area contributed by atoms with Gasteiger partial charge in [-0.05, 0) is 35.3 Å². The van der Waals surface area contributed by atoms with E-state index >= 15 is 0 Å². The number of hydrogen-bond acceptors (Lipinski definition) is 1. The minimum Gasteiger partial charge on any atom is -0.246 e. The van der Waals surface area contributed by atoms with Crippen LogP contribution in [0.1, 0.15) is 19.4 Å². The lowest BCUT2D eigenvalue weighted by atomic mass is 10.1. The van der Waals surface area contributed by atoms with Crippen LogP contribution >= 0.6 is 15.9 Å². The molecule has 0 amide bonds. The number of nitrogens with zero attached hydrogens (tertiary/aromatic N) is 1. The highest BCUT2D eigenvalue weighted by Gasteiger charge is 1.94. The molecule has 13 heavy (non-hydrogen) atoms. The second kappa shape index (κ2) is 4.97. The standard InChI is InChI=1S/C11H12BrN/c1-3-11(12)13-9(2)10-7-5-4-6-8-10/h3-8H,1-2H3/b11-3-,13-9+. The molecule has 0 unspecified atom stereocenters. The monoisotopic (exact) mass is 237 g/mol. The first-order valence-electron chi connectivity index (χ1n) is 4.16. The molecule has 1 aromatic carbocycles. The van der Waals surface area contributed by atoms with Crippen molar-refractivity contribution in [3.63, 3.8) is 0 Å². The van der Waals surface area contributed by atoms with Gasteiger partial charge in [-0.1, -0.05) is 36.4 Å². The van der Waals surface area contributed by atoms with Crippen molar-refractivity contribution in [2.24, 2.45) is 4.99 Å². The van der Waals surface area contributed by atoms with Gasteiger partial charge >= 0.3 is 0 Å². The van der Waals surface area contributed by atoms with Crippen molar-refractivity contribution in [1.82, 2.24) is 0 Å². The normalized spacial score (nSPS) is 13.2. The van der Waals surface area contributed by atoms with Crippen LogP contribution in [0, 0.1) is 0 Å². The highest BCUT2D eigenvalue weighted by molar-refractivity contribution is 9.11. The van der Waals surface area contributed by atoms with Crippen LogP contribution in [-0.2, 0) is 0 Å². The fourth-order valence-electron chi connectivity index (χ4n) is 0.969. The van der Waals surface area contributed by atoms with Crippen molar-refractivity contribution in [2.45, 2.75) is 13.8 Å². The molecular formula is C11H12BrN. The summed E-state index contributed by atoms with van der Waals surface area (Å²) in [5, 5.41) is 0. The molecule has 0 saturated heterocycles. The lowest BCUT2D eigenvalue weighted by molar-refractivity contribution is 1.45. The predicted molar refractivity (Wildman–Crippen MR) is 61.3 cm³/mol. The van der Waals surface area contributed by atoms with Crippen molar-refractivity contribution < 1.29 is 0 Å². The highest BCUT2D eigenvalue weighted by atomic mass is 79.9. The van der Waals surface area contributed by atoms with Crippen molar-refractivity contribution >= 4 is 21.6 Å². The Morgan fingerprint density at radius 3 is 2.46 bits per heavy atom. The van der Waals surface area contributed by atoms with Gasteiger partial charge in [0, 0.05) is 5.71 Å². The maximum Gasteiger partial charge on any atom is 0.102 e. The fourth-order valence-corrected chi connectivity index (χ4v) is 1.23. The van der Waals surface area contributed by atoms with Gasteiger partial charge < -0.3 is 0 Å². The topological polar surface area (TPSA) is 12.4 Å². The van der Waals surface area contributed by atoms with E-state index in [2.05, 4.69) is 33.1 Å². The molecule has 0 fully saturated rings. The molecule has 1 aromatic rings. The Labute approximate surface area is 87.3 Å². The van der Waals surface area contributed by atoms with Gasteiger partial charge in [-0.25, -0.2) is 4.99 Å². The first kappa shape index (κ1) is 10.2. The molecule has 1 rings (SSSR count). The smallest absolute Gasteiger partial charge is 0.102 e. The van der Waals surface area contributed by atoms with E-state index in [1.54, 1.807) is 0 Å². The van der Waals surface area contributed by atoms with E-state index in [-0.39, 0.29) is 0 Å². The zero-order valence-corrected chi connectivity index (χ0v) is 9.38. The Balaban J connectivity index is 2.92. The molecule has 0 spiro atoms. The number of hydrogen-bond donors (Lipinski definition) is 0. The summed E-state index contributed by atoms with van der Waals surface area (Å²) in [5.74, 6) is 0. The van der Waals surface area contributed by atoms with Gasteiger partial charge in [0.1, 0.15) is 4.61 Å². The average molecular weight is 238 g/mol.